The van der Waals surface area contributed by atoms with Gasteiger partial charge in [0.15, 0.2) is 5.82 Å². The molecule has 0 aliphatic carbocycles. The molecule has 6 nitrogen and oxygen atoms in total. The van der Waals surface area contributed by atoms with Gasteiger partial charge in [-0.05, 0) is 24.3 Å². The molecule has 0 bridgehead atoms. The van der Waals surface area contributed by atoms with Crippen molar-refractivity contribution in [1.82, 2.24) is 15.3 Å². The number of nitrogens with one attached hydrogen (secondary N) is 1. The molecular weight excluding hydrogens is 360 g/mol. The molecule has 2 heterocycles. The van der Waals surface area contributed by atoms with Gasteiger partial charge in [-0.25, -0.2) is 9.97 Å². The van der Waals surface area contributed by atoms with Crippen LogP contribution < -0.4 is 10.2 Å². The third-order valence-electron chi connectivity index (χ3n) is 4.46. The molecule has 142 valence electrons. The normalized spacial score (nSPS) is 14.0. The fraction of sp³-hybridized carbons (Fsp3) is 0.350. The molecule has 1 fully saturated rings. The van der Waals surface area contributed by atoms with Crippen LogP contribution >= 0.6 is 11.8 Å². The summed E-state index contributed by atoms with van der Waals surface area (Å²) in [4.78, 5) is 23.6. The Kier molecular flexibility index (Phi) is 6.84. The Morgan fingerprint density at radius 3 is 2.78 bits per heavy atom. The van der Waals surface area contributed by atoms with E-state index in [-0.39, 0.29) is 0 Å². The van der Waals surface area contributed by atoms with Crippen molar-refractivity contribution < 1.29 is 9.53 Å². The lowest BCUT2D eigenvalue weighted by Crippen LogP contribution is -2.37. The molecule has 1 amide bonds. The molecule has 3 rings (SSSR count). The van der Waals surface area contributed by atoms with Gasteiger partial charge in [0.05, 0.1) is 23.8 Å². The van der Waals surface area contributed by atoms with E-state index >= 15 is 0 Å². The molecule has 1 N–H and O–H groups in total. The second-order valence-electron chi connectivity index (χ2n) is 6.07. The lowest BCUT2D eigenvalue weighted by molar-refractivity contribution is -0.109. The Balaban J connectivity index is 2.05. The number of nitrogens with zero attached hydrogens (tertiary/aromatic N) is 3. The molecule has 1 aromatic heterocycles. The van der Waals surface area contributed by atoms with Crippen LogP contribution in [0.5, 0.6) is 0 Å². The lowest BCUT2D eigenvalue weighted by atomic mass is 10.0. The topological polar surface area (TPSA) is 67.4 Å². The van der Waals surface area contributed by atoms with Gasteiger partial charge < -0.3 is 15.0 Å². The maximum atomic E-state index is 10.6. The zero-order chi connectivity index (χ0) is 19.1. The molecule has 2 aromatic rings. The standard InChI is InChI=1S/C20H24N4O2S/c1-3-17-18(27-2)20(24-10-12-26-13-11-24)23-19(22-17)16-7-5-4-6-15(16)8-9-21-14-25/h3-7,14H,1,8-13H2,2H3,(H,21,25). The molecule has 1 aliphatic rings. The van der Waals surface area contributed by atoms with E-state index in [1.54, 1.807) is 17.8 Å². The summed E-state index contributed by atoms with van der Waals surface area (Å²) < 4.78 is 5.49. The van der Waals surface area contributed by atoms with Gasteiger partial charge in [-0.3, -0.25) is 4.79 Å². The van der Waals surface area contributed by atoms with E-state index in [4.69, 9.17) is 14.7 Å². The number of amides is 1. The highest BCUT2D eigenvalue weighted by atomic mass is 32.2. The number of rotatable bonds is 8. The van der Waals surface area contributed by atoms with E-state index in [2.05, 4.69) is 22.9 Å². The SMILES string of the molecule is C=Cc1nc(-c2ccccc2CCNC=O)nc(N2CCOCC2)c1SC. The number of thioether (sulfide) groups is 1. The van der Waals surface area contributed by atoms with Crippen molar-refractivity contribution in [3.05, 3.63) is 42.1 Å². The maximum absolute atomic E-state index is 10.6. The quantitative estimate of drug-likeness (QED) is 0.429. The van der Waals surface area contributed by atoms with Crippen LogP contribution in [0, 0.1) is 0 Å². The van der Waals surface area contributed by atoms with Crippen LogP contribution in [-0.4, -0.2) is 55.5 Å². The summed E-state index contributed by atoms with van der Waals surface area (Å²) >= 11 is 1.64. The summed E-state index contributed by atoms with van der Waals surface area (Å²) in [5, 5.41) is 2.72. The van der Waals surface area contributed by atoms with Gasteiger partial charge in [-0.15, -0.1) is 11.8 Å². The van der Waals surface area contributed by atoms with E-state index in [1.807, 2.05) is 24.5 Å². The van der Waals surface area contributed by atoms with Gasteiger partial charge in [0, 0.05) is 25.2 Å². The van der Waals surface area contributed by atoms with Crippen LogP contribution in [0.2, 0.25) is 0 Å². The number of anilines is 1. The number of aromatic nitrogens is 2. The van der Waals surface area contributed by atoms with E-state index in [0.29, 0.717) is 25.6 Å². The number of benzene rings is 1. The highest BCUT2D eigenvalue weighted by Gasteiger charge is 2.21. The first kappa shape index (κ1) is 19.4. The molecule has 0 radical (unpaired) electrons. The van der Waals surface area contributed by atoms with Crippen LogP contribution in [-0.2, 0) is 16.0 Å². The average molecular weight is 385 g/mol. The predicted octanol–water partition coefficient (Wildman–Crippen LogP) is 2.63. The Morgan fingerprint density at radius 2 is 2.07 bits per heavy atom. The van der Waals surface area contributed by atoms with Crippen molar-refractivity contribution in [3.63, 3.8) is 0 Å². The summed E-state index contributed by atoms with van der Waals surface area (Å²) in [7, 11) is 0. The Labute approximate surface area is 164 Å². The van der Waals surface area contributed by atoms with Crippen LogP contribution in [0.4, 0.5) is 5.82 Å². The van der Waals surface area contributed by atoms with Crippen LogP contribution in [0.1, 0.15) is 11.3 Å². The fourth-order valence-electron chi connectivity index (χ4n) is 3.12. The molecule has 0 spiro atoms. The molecule has 27 heavy (non-hydrogen) atoms. The Hall–Kier alpha value is -2.38. The second-order valence-corrected chi connectivity index (χ2v) is 6.89. The van der Waals surface area contributed by atoms with Crippen molar-refractivity contribution in [2.45, 2.75) is 11.3 Å². The van der Waals surface area contributed by atoms with Crippen LogP contribution in [0.3, 0.4) is 0 Å². The van der Waals surface area contributed by atoms with Crippen LogP contribution in [0.15, 0.2) is 35.7 Å². The molecule has 0 saturated carbocycles. The van der Waals surface area contributed by atoms with E-state index in [1.165, 1.54) is 0 Å². The minimum atomic E-state index is 0.577. The van der Waals surface area contributed by atoms with Crippen molar-refractivity contribution in [2.24, 2.45) is 0 Å². The van der Waals surface area contributed by atoms with E-state index < -0.39 is 0 Å². The summed E-state index contributed by atoms with van der Waals surface area (Å²) in [6, 6.07) is 8.06. The van der Waals surface area contributed by atoms with E-state index in [9.17, 15) is 4.79 Å². The van der Waals surface area contributed by atoms with Gasteiger partial charge in [0.25, 0.3) is 0 Å². The lowest BCUT2D eigenvalue weighted by Gasteiger charge is -2.30. The molecule has 1 aromatic carbocycles. The highest BCUT2D eigenvalue weighted by molar-refractivity contribution is 7.98. The molecule has 1 aliphatic heterocycles. The maximum Gasteiger partial charge on any atom is 0.207 e. The number of carbonyl (C=O) groups is 1. The largest absolute Gasteiger partial charge is 0.378 e. The molecular formula is C20H24N4O2S. The first-order valence-electron chi connectivity index (χ1n) is 8.95. The predicted molar refractivity (Wildman–Crippen MR) is 110 cm³/mol. The van der Waals surface area contributed by atoms with Crippen molar-refractivity contribution in [3.8, 4) is 11.4 Å². The van der Waals surface area contributed by atoms with Gasteiger partial charge >= 0.3 is 0 Å². The number of hydrogen-bond donors (Lipinski definition) is 1. The first-order valence-corrected chi connectivity index (χ1v) is 10.2. The zero-order valence-electron chi connectivity index (χ0n) is 15.5. The average Bonchev–Trinajstić information content (AvgIpc) is 2.74. The minimum Gasteiger partial charge on any atom is -0.378 e. The Morgan fingerprint density at radius 1 is 1.30 bits per heavy atom. The number of hydrogen-bond acceptors (Lipinski definition) is 6. The highest BCUT2D eigenvalue weighted by Crippen LogP contribution is 2.33. The summed E-state index contributed by atoms with van der Waals surface area (Å²) in [5.74, 6) is 1.62. The van der Waals surface area contributed by atoms with Crippen molar-refractivity contribution in [2.75, 3.05) is 44.0 Å². The van der Waals surface area contributed by atoms with Crippen molar-refractivity contribution in [1.29, 1.82) is 0 Å². The molecule has 7 heteroatoms. The first-order chi connectivity index (χ1) is 13.3. The number of ether oxygens (including phenoxy) is 1. The summed E-state index contributed by atoms with van der Waals surface area (Å²) in [5.41, 5.74) is 2.93. The Bertz CT molecular complexity index is 807. The summed E-state index contributed by atoms with van der Waals surface area (Å²) in [6.45, 7) is 7.55. The number of carbonyl (C=O) groups excluding carboxylic acids is 1. The number of morpholine rings is 1. The molecule has 0 unspecified atom stereocenters. The monoisotopic (exact) mass is 384 g/mol. The van der Waals surface area contributed by atoms with Crippen molar-refractivity contribution >= 4 is 30.1 Å². The van der Waals surface area contributed by atoms with Gasteiger partial charge in [0.2, 0.25) is 6.41 Å². The molecule has 0 atom stereocenters. The minimum absolute atomic E-state index is 0.577. The van der Waals surface area contributed by atoms with Gasteiger partial charge in [-0.1, -0.05) is 30.8 Å². The third-order valence-corrected chi connectivity index (χ3v) is 5.26. The summed E-state index contributed by atoms with van der Waals surface area (Å²) in [6.07, 6.45) is 5.27. The zero-order valence-corrected chi connectivity index (χ0v) is 16.3. The smallest absolute Gasteiger partial charge is 0.207 e. The van der Waals surface area contributed by atoms with Gasteiger partial charge in [0.1, 0.15) is 5.82 Å². The molecule has 1 saturated heterocycles. The third kappa shape index (κ3) is 4.48. The fourth-order valence-corrected chi connectivity index (χ4v) is 3.82. The second kappa shape index (κ2) is 9.53. The van der Waals surface area contributed by atoms with E-state index in [0.717, 1.165) is 53.5 Å². The van der Waals surface area contributed by atoms with Crippen LogP contribution in [0.25, 0.3) is 17.5 Å². The van der Waals surface area contributed by atoms with Gasteiger partial charge in [-0.2, -0.15) is 0 Å².